The van der Waals surface area contributed by atoms with Crippen LogP contribution in [0.5, 0.6) is 0 Å². The second kappa shape index (κ2) is 7.79. The molecule has 0 radical (unpaired) electrons. The third kappa shape index (κ3) is 5.44. The minimum Gasteiger partial charge on any atom is -0.314 e. The summed E-state index contributed by atoms with van der Waals surface area (Å²) in [7, 11) is 0. The zero-order valence-corrected chi connectivity index (χ0v) is 13.8. The van der Waals surface area contributed by atoms with Crippen molar-refractivity contribution in [3.63, 3.8) is 0 Å². The first kappa shape index (κ1) is 16.4. The van der Waals surface area contributed by atoms with Gasteiger partial charge in [-0.3, -0.25) is 10.1 Å². The smallest absolute Gasteiger partial charge is 0.270 e. The van der Waals surface area contributed by atoms with Crippen LogP contribution in [0.25, 0.3) is 0 Å². The van der Waals surface area contributed by atoms with Gasteiger partial charge >= 0.3 is 0 Å². The summed E-state index contributed by atoms with van der Waals surface area (Å²) in [4.78, 5) is 10.4. The average molecular weight is 376 g/mol. The van der Waals surface area contributed by atoms with Crippen molar-refractivity contribution in [2.45, 2.75) is 39.7 Å². The lowest BCUT2D eigenvalue weighted by Crippen LogP contribution is -2.32. The minimum absolute atomic E-state index is 0.164. The van der Waals surface area contributed by atoms with Crippen LogP contribution < -0.4 is 5.32 Å². The van der Waals surface area contributed by atoms with Gasteiger partial charge in [0.1, 0.15) is 0 Å². The monoisotopic (exact) mass is 376 g/mol. The highest BCUT2D eigenvalue weighted by atomic mass is 127. The second-order valence-corrected chi connectivity index (χ2v) is 6.28. The molecule has 1 aromatic rings. The Bertz CT molecular complexity index is 435. The van der Waals surface area contributed by atoms with Crippen LogP contribution in [-0.4, -0.2) is 17.5 Å². The van der Waals surface area contributed by atoms with E-state index in [1.807, 2.05) is 6.07 Å². The third-order valence-corrected chi connectivity index (χ3v) is 3.97. The predicted octanol–water partition coefficient (Wildman–Crippen LogP) is 3.77. The Hall–Kier alpha value is -0.690. The van der Waals surface area contributed by atoms with Crippen molar-refractivity contribution in [1.29, 1.82) is 0 Å². The maximum Gasteiger partial charge on any atom is 0.270 e. The van der Waals surface area contributed by atoms with Crippen LogP contribution in [0.4, 0.5) is 5.69 Å². The van der Waals surface area contributed by atoms with Gasteiger partial charge < -0.3 is 5.32 Å². The van der Waals surface area contributed by atoms with E-state index in [4.69, 9.17) is 0 Å². The van der Waals surface area contributed by atoms with Gasteiger partial charge in [-0.1, -0.05) is 26.8 Å². The van der Waals surface area contributed by atoms with Crippen LogP contribution in [0, 0.1) is 19.6 Å². The van der Waals surface area contributed by atoms with Crippen molar-refractivity contribution in [2.24, 2.45) is 5.92 Å². The minimum atomic E-state index is -0.345. The van der Waals surface area contributed by atoms with Crippen molar-refractivity contribution in [3.8, 4) is 0 Å². The van der Waals surface area contributed by atoms with Crippen LogP contribution in [-0.2, 0) is 6.42 Å². The summed E-state index contributed by atoms with van der Waals surface area (Å²) < 4.78 is 0.971. The Labute approximate surface area is 128 Å². The zero-order valence-electron chi connectivity index (χ0n) is 11.6. The Kier molecular flexibility index (Phi) is 6.71. The average Bonchev–Trinajstić information content (AvgIpc) is 2.31. The number of hydrogen-bond donors (Lipinski definition) is 1. The highest BCUT2D eigenvalue weighted by Crippen LogP contribution is 2.22. The highest BCUT2D eigenvalue weighted by Gasteiger charge is 2.14. The number of halogens is 1. The molecule has 0 bridgehead atoms. The van der Waals surface area contributed by atoms with Crippen molar-refractivity contribution < 1.29 is 4.92 Å². The van der Waals surface area contributed by atoms with E-state index in [-0.39, 0.29) is 10.6 Å². The Morgan fingerprint density at radius 1 is 1.42 bits per heavy atom. The number of nitro groups is 1. The van der Waals surface area contributed by atoms with Crippen molar-refractivity contribution >= 4 is 28.3 Å². The quantitative estimate of drug-likeness (QED) is 0.448. The Balaban J connectivity index is 2.81. The highest BCUT2D eigenvalue weighted by molar-refractivity contribution is 14.1. The molecule has 0 aliphatic heterocycles. The van der Waals surface area contributed by atoms with Gasteiger partial charge in [-0.2, -0.15) is 0 Å². The Morgan fingerprint density at radius 2 is 2.11 bits per heavy atom. The number of non-ortho nitro benzene ring substituents is 1. The van der Waals surface area contributed by atoms with Crippen LogP contribution in [0.1, 0.15) is 32.8 Å². The number of nitro benzene ring substituents is 1. The van der Waals surface area contributed by atoms with Crippen molar-refractivity contribution in [3.05, 3.63) is 37.4 Å². The van der Waals surface area contributed by atoms with Gasteiger partial charge in [0.15, 0.2) is 0 Å². The molecule has 0 heterocycles. The molecule has 5 heteroatoms. The van der Waals surface area contributed by atoms with E-state index in [0.717, 1.165) is 23.0 Å². The van der Waals surface area contributed by atoms with Crippen LogP contribution in [0.2, 0.25) is 0 Å². The standard InChI is InChI=1S/C14H21IN2O2/c1-4-16-12(7-10(2)3)8-11-5-6-13(17(18)19)9-14(11)15/h5-6,9-10,12,16H,4,7-8H2,1-3H3. The Morgan fingerprint density at radius 3 is 2.58 bits per heavy atom. The second-order valence-electron chi connectivity index (χ2n) is 5.12. The fourth-order valence-corrected chi connectivity index (χ4v) is 2.90. The number of hydrogen-bond acceptors (Lipinski definition) is 3. The SMILES string of the molecule is CCNC(Cc1ccc([N+](=O)[O-])cc1I)CC(C)C. The van der Waals surface area contributed by atoms with Gasteiger partial charge in [-0.05, 0) is 53.5 Å². The third-order valence-electron chi connectivity index (χ3n) is 2.96. The van der Waals surface area contributed by atoms with E-state index in [1.165, 1.54) is 5.56 Å². The summed E-state index contributed by atoms with van der Waals surface area (Å²) in [5.74, 6) is 0.639. The van der Waals surface area contributed by atoms with E-state index < -0.39 is 0 Å². The summed E-state index contributed by atoms with van der Waals surface area (Å²) in [6.07, 6.45) is 2.03. The molecule has 0 saturated carbocycles. The fourth-order valence-electron chi connectivity index (χ4n) is 2.18. The molecule has 0 aliphatic rings. The van der Waals surface area contributed by atoms with Gasteiger partial charge in [0.25, 0.3) is 5.69 Å². The molecule has 1 N–H and O–H groups in total. The lowest BCUT2D eigenvalue weighted by atomic mass is 9.97. The molecule has 1 atom stereocenters. The number of rotatable bonds is 7. The molecular weight excluding hydrogens is 355 g/mol. The fraction of sp³-hybridized carbons (Fsp3) is 0.571. The first-order valence-corrected chi connectivity index (χ1v) is 7.68. The summed E-state index contributed by atoms with van der Waals surface area (Å²) in [6, 6.07) is 5.55. The maximum atomic E-state index is 10.7. The largest absolute Gasteiger partial charge is 0.314 e. The lowest BCUT2D eigenvalue weighted by Gasteiger charge is -2.20. The number of likely N-dealkylation sites (N-methyl/N-ethyl adjacent to an activating group) is 1. The number of nitrogens with one attached hydrogen (secondary N) is 1. The summed E-state index contributed by atoms with van der Waals surface area (Å²) in [5.41, 5.74) is 1.34. The van der Waals surface area contributed by atoms with E-state index in [9.17, 15) is 10.1 Å². The van der Waals surface area contributed by atoms with E-state index >= 15 is 0 Å². The molecule has 1 aromatic carbocycles. The molecule has 0 amide bonds. The van der Waals surface area contributed by atoms with Crippen LogP contribution in [0.15, 0.2) is 18.2 Å². The topological polar surface area (TPSA) is 55.2 Å². The van der Waals surface area contributed by atoms with Gasteiger partial charge in [-0.15, -0.1) is 0 Å². The normalized spacial score (nSPS) is 12.7. The summed E-state index contributed by atoms with van der Waals surface area (Å²) >= 11 is 2.18. The molecule has 0 aromatic heterocycles. The molecule has 0 fully saturated rings. The molecule has 0 saturated heterocycles. The van der Waals surface area contributed by atoms with Crippen LogP contribution in [0.3, 0.4) is 0 Å². The van der Waals surface area contributed by atoms with Gasteiger partial charge in [0.05, 0.1) is 4.92 Å². The predicted molar refractivity (Wildman–Crippen MR) is 86.4 cm³/mol. The first-order chi connectivity index (χ1) is 8.93. The van der Waals surface area contributed by atoms with E-state index in [2.05, 4.69) is 48.7 Å². The van der Waals surface area contributed by atoms with E-state index in [0.29, 0.717) is 12.0 Å². The summed E-state index contributed by atoms with van der Waals surface area (Å²) in [5, 5.41) is 14.2. The molecule has 1 rings (SSSR count). The summed E-state index contributed by atoms with van der Waals surface area (Å²) in [6.45, 7) is 7.48. The maximum absolute atomic E-state index is 10.7. The molecule has 19 heavy (non-hydrogen) atoms. The number of nitrogens with zero attached hydrogens (tertiary/aromatic N) is 1. The van der Waals surface area contributed by atoms with Gasteiger partial charge in [-0.25, -0.2) is 0 Å². The molecule has 0 spiro atoms. The van der Waals surface area contributed by atoms with Crippen LogP contribution >= 0.6 is 22.6 Å². The molecular formula is C14H21IN2O2. The first-order valence-electron chi connectivity index (χ1n) is 6.60. The van der Waals surface area contributed by atoms with Gasteiger partial charge in [0.2, 0.25) is 0 Å². The molecule has 4 nitrogen and oxygen atoms in total. The zero-order chi connectivity index (χ0) is 14.4. The molecule has 1 unspecified atom stereocenters. The van der Waals surface area contributed by atoms with E-state index in [1.54, 1.807) is 12.1 Å². The molecule has 106 valence electrons. The van der Waals surface area contributed by atoms with Crippen molar-refractivity contribution in [2.75, 3.05) is 6.54 Å². The number of benzene rings is 1. The van der Waals surface area contributed by atoms with Gasteiger partial charge in [0, 0.05) is 21.7 Å². The molecule has 0 aliphatic carbocycles. The van der Waals surface area contributed by atoms with Crippen molar-refractivity contribution in [1.82, 2.24) is 5.32 Å². The lowest BCUT2D eigenvalue weighted by molar-refractivity contribution is -0.385.